The van der Waals surface area contributed by atoms with E-state index in [-0.39, 0.29) is 11.9 Å². The van der Waals surface area contributed by atoms with Crippen LogP contribution in [0.4, 0.5) is 16.2 Å². The van der Waals surface area contributed by atoms with Crippen molar-refractivity contribution in [1.82, 2.24) is 15.1 Å². The molecule has 3 N–H and O–H groups in total. The zero-order valence-corrected chi connectivity index (χ0v) is 14.5. The highest BCUT2D eigenvalue weighted by Gasteiger charge is 2.22. The first kappa shape index (κ1) is 17.0. The van der Waals surface area contributed by atoms with Crippen LogP contribution in [0.2, 0.25) is 0 Å². The predicted octanol–water partition coefficient (Wildman–Crippen LogP) is 3.23. The van der Waals surface area contributed by atoms with E-state index < -0.39 is 0 Å². The van der Waals surface area contributed by atoms with E-state index in [1.807, 2.05) is 17.9 Å². The Kier molecular flexibility index (Phi) is 5.02. The fourth-order valence-electron chi connectivity index (χ4n) is 3.10. The summed E-state index contributed by atoms with van der Waals surface area (Å²) in [5, 5.41) is 11.9. The Morgan fingerprint density at radius 1 is 1.32 bits per heavy atom. The highest BCUT2D eigenvalue weighted by Crippen LogP contribution is 2.21. The number of nitrogens with one attached hydrogen (secondary N) is 3. The van der Waals surface area contributed by atoms with Gasteiger partial charge in [-0.05, 0) is 49.4 Å². The molecule has 132 valence electrons. The number of aromatic nitrogens is 2. The maximum Gasteiger partial charge on any atom is 0.323 e. The molecule has 2 heterocycles. The molecule has 1 aromatic carbocycles. The van der Waals surface area contributed by atoms with Gasteiger partial charge in [-0.1, -0.05) is 6.92 Å². The summed E-state index contributed by atoms with van der Waals surface area (Å²) in [5.74, 6) is 0.607. The van der Waals surface area contributed by atoms with Gasteiger partial charge in [-0.3, -0.25) is 9.89 Å². The number of hydrogen-bond acceptors (Lipinski definition) is 3. The van der Waals surface area contributed by atoms with E-state index in [4.69, 9.17) is 0 Å². The molecule has 0 bridgehead atoms. The summed E-state index contributed by atoms with van der Waals surface area (Å²) in [6.45, 7) is 5.68. The molecule has 25 heavy (non-hydrogen) atoms. The van der Waals surface area contributed by atoms with Gasteiger partial charge in [0.1, 0.15) is 0 Å². The number of aryl methyl sites for hydroxylation is 1. The van der Waals surface area contributed by atoms with Crippen molar-refractivity contribution in [3.63, 3.8) is 0 Å². The van der Waals surface area contributed by atoms with E-state index >= 15 is 0 Å². The summed E-state index contributed by atoms with van der Waals surface area (Å²) in [4.78, 5) is 26.6. The molecule has 0 spiro atoms. The number of urea groups is 1. The van der Waals surface area contributed by atoms with Crippen LogP contribution in [-0.4, -0.2) is 40.1 Å². The van der Waals surface area contributed by atoms with Crippen LogP contribution in [-0.2, 0) is 0 Å². The Labute approximate surface area is 146 Å². The molecule has 1 saturated heterocycles. The lowest BCUT2D eigenvalue weighted by Crippen LogP contribution is -2.39. The summed E-state index contributed by atoms with van der Waals surface area (Å²) in [6.07, 6.45) is 5.35. The molecule has 1 atom stereocenters. The van der Waals surface area contributed by atoms with Crippen LogP contribution < -0.4 is 10.6 Å². The average Bonchev–Trinajstić information content (AvgIpc) is 3.09. The summed E-state index contributed by atoms with van der Waals surface area (Å²) >= 11 is 0. The topological polar surface area (TPSA) is 90.1 Å². The van der Waals surface area contributed by atoms with Gasteiger partial charge in [0.15, 0.2) is 0 Å². The van der Waals surface area contributed by atoms with Crippen molar-refractivity contribution < 1.29 is 9.59 Å². The molecular formula is C18H23N5O2. The second-order valence-corrected chi connectivity index (χ2v) is 6.59. The van der Waals surface area contributed by atoms with E-state index in [0.717, 1.165) is 25.1 Å². The molecule has 7 nitrogen and oxygen atoms in total. The second-order valence-electron chi connectivity index (χ2n) is 6.59. The number of rotatable bonds is 3. The SMILES string of the molecule is Cc1cc(C(=O)N2CCC[C@@H](C)C2)ccc1NC(=O)Nc1cn[nH]c1. The summed E-state index contributed by atoms with van der Waals surface area (Å²) < 4.78 is 0. The zero-order valence-electron chi connectivity index (χ0n) is 14.5. The number of hydrogen-bond donors (Lipinski definition) is 3. The van der Waals surface area contributed by atoms with E-state index in [2.05, 4.69) is 27.8 Å². The van der Waals surface area contributed by atoms with Crippen LogP contribution in [0.1, 0.15) is 35.7 Å². The Morgan fingerprint density at radius 2 is 2.16 bits per heavy atom. The van der Waals surface area contributed by atoms with Crippen molar-refractivity contribution in [2.45, 2.75) is 26.7 Å². The third-order valence-corrected chi connectivity index (χ3v) is 4.42. The first-order valence-electron chi connectivity index (χ1n) is 8.49. The average molecular weight is 341 g/mol. The number of H-pyrrole nitrogens is 1. The van der Waals surface area contributed by atoms with Crippen molar-refractivity contribution in [3.8, 4) is 0 Å². The molecule has 1 aliphatic rings. The summed E-state index contributed by atoms with van der Waals surface area (Å²) in [6, 6.07) is 5.01. The van der Waals surface area contributed by atoms with Crippen LogP contribution in [0.5, 0.6) is 0 Å². The van der Waals surface area contributed by atoms with Gasteiger partial charge in [-0.15, -0.1) is 0 Å². The van der Waals surface area contributed by atoms with Gasteiger partial charge in [-0.2, -0.15) is 5.10 Å². The second kappa shape index (κ2) is 7.38. The van der Waals surface area contributed by atoms with Gasteiger partial charge >= 0.3 is 6.03 Å². The number of carbonyl (C=O) groups excluding carboxylic acids is 2. The lowest BCUT2D eigenvalue weighted by Gasteiger charge is -2.31. The van der Waals surface area contributed by atoms with Gasteiger partial charge < -0.3 is 15.5 Å². The Morgan fingerprint density at radius 3 is 2.84 bits per heavy atom. The van der Waals surface area contributed by atoms with E-state index in [9.17, 15) is 9.59 Å². The minimum atomic E-state index is -0.353. The summed E-state index contributed by atoms with van der Waals surface area (Å²) in [5.41, 5.74) is 2.76. The van der Waals surface area contributed by atoms with E-state index in [1.165, 1.54) is 12.6 Å². The van der Waals surface area contributed by atoms with Crippen LogP contribution in [0.3, 0.4) is 0 Å². The summed E-state index contributed by atoms with van der Waals surface area (Å²) in [7, 11) is 0. The van der Waals surface area contributed by atoms with Gasteiger partial charge in [0.05, 0.1) is 11.9 Å². The number of carbonyl (C=O) groups is 2. The molecule has 2 aromatic rings. The van der Waals surface area contributed by atoms with Crippen LogP contribution in [0.15, 0.2) is 30.6 Å². The largest absolute Gasteiger partial charge is 0.338 e. The molecule has 1 aliphatic heterocycles. The standard InChI is InChI=1S/C18H23N5O2/c1-12-4-3-7-23(11-12)17(24)14-5-6-16(13(2)8-14)22-18(25)21-15-9-19-20-10-15/h5-6,8-10,12H,3-4,7,11H2,1-2H3,(H,19,20)(H2,21,22,25)/t12-/m1/s1. The lowest BCUT2D eigenvalue weighted by molar-refractivity contribution is 0.0683. The highest BCUT2D eigenvalue weighted by atomic mass is 16.2. The lowest BCUT2D eigenvalue weighted by atomic mass is 9.99. The number of likely N-dealkylation sites (tertiary alicyclic amines) is 1. The van der Waals surface area contributed by atoms with Crippen LogP contribution in [0, 0.1) is 12.8 Å². The maximum absolute atomic E-state index is 12.7. The van der Waals surface area contributed by atoms with Crippen molar-refractivity contribution in [3.05, 3.63) is 41.7 Å². The molecule has 1 aromatic heterocycles. The molecule has 3 rings (SSSR count). The molecule has 0 unspecified atom stereocenters. The number of aromatic amines is 1. The normalized spacial score (nSPS) is 17.2. The van der Waals surface area contributed by atoms with Crippen molar-refractivity contribution in [2.24, 2.45) is 5.92 Å². The molecule has 0 radical (unpaired) electrons. The number of anilines is 2. The molecule has 1 fully saturated rings. The monoisotopic (exact) mass is 341 g/mol. The third kappa shape index (κ3) is 4.17. The third-order valence-electron chi connectivity index (χ3n) is 4.42. The number of nitrogens with zero attached hydrogens (tertiary/aromatic N) is 2. The quantitative estimate of drug-likeness (QED) is 0.800. The maximum atomic E-state index is 12.7. The molecule has 7 heteroatoms. The van der Waals surface area contributed by atoms with Crippen molar-refractivity contribution in [2.75, 3.05) is 23.7 Å². The number of benzene rings is 1. The van der Waals surface area contributed by atoms with Crippen molar-refractivity contribution >= 4 is 23.3 Å². The first-order chi connectivity index (χ1) is 12.0. The van der Waals surface area contributed by atoms with Crippen LogP contribution in [0.25, 0.3) is 0 Å². The molecule has 3 amide bonds. The minimum absolute atomic E-state index is 0.0593. The number of piperidine rings is 1. The Balaban J connectivity index is 1.66. The first-order valence-corrected chi connectivity index (χ1v) is 8.49. The van der Waals surface area contributed by atoms with Crippen molar-refractivity contribution in [1.29, 1.82) is 0 Å². The molecular weight excluding hydrogens is 318 g/mol. The van der Waals surface area contributed by atoms with Crippen LogP contribution >= 0.6 is 0 Å². The fraction of sp³-hybridized carbons (Fsp3) is 0.389. The Bertz CT molecular complexity index is 757. The highest BCUT2D eigenvalue weighted by molar-refractivity contribution is 6.01. The predicted molar refractivity (Wildman–Crippen MR) is 96.7 cm³/mol. The van der Waals surface area contributed by atoms with Gasteiger partial charge in [0, 0.05) is 30.5 Å². The minimum Gasteiger partial charge on any atom is -0.338 e. The molecule has 0 saturated carbocycles. The van der Waals surface area contributed by atoms with Gasteiger partial charge in [0.2, 0.25) is 0 Å². The van der Waals surface area contributed by atoms with E-state index in [1.54, 1.807) is 18.3 Å². The van der Waals surface area contributed by atoms with Gasteiger partial charge in [0.25, 0.3) is 5.91 Å². The molecule has 0 aliphatic carbocycles. The Hall–Kier alpha value is -2.83. The smallest absolute Gasteiger partial charge is 0.323 e. The zero-order chi connectivity index (χ0) is 17.8. The fourth-order valence-corrected chi connectivity index (χ4v) is 3.10. The number of amides is 3. The van der Waals surface area contributed by atoms with Gasteiger partial charge in [-0.25, -0.2) is 4.79 Å². The van der Waals surface area contributed by atoms with E-state index in [0.29, 0.717) is 22.9 Å².